The average molecular weight is 479 g/mol. The second-order valence-corrected chi connectivity index (χ2v) is 9.18. The zero-order valence-corrected chi connectivity index (χ0v) is 20.9. The lowest BCUT2D eigenvalue weighted by Gasteiger charge is -2.31. The van der Waals surface area contributed by atoms with Crippen LogP contribution in [0.15, 0.2) is 36.4 Å². The number of nitrogens with zero attached hydrogens (tertiary/aromatic N) is 1. The molecule has 2 aromatic carbocycles. The van der Waals surface area contributed by atoms with Gasteiger partial charge in [0.05, 0.1) is 10.0 Å². The first-order valence-electron chi connectivity index (χ1n) is 10.8. The molecule has 0 fully saturated rings. The van der Waals surface area contributed by atoms with Crippen molar-refractivity contribution < 1.29 is 14.3 Å². The first-order valence-corrected chi connectivity index (χ1v) is 11.6. The van der Waals surface area contributed by atoms with E-state index in [1.165, 1.54) is 0 Å². The largest absolute Gasteiger partial charge is 0.484 e. The van der Waals surface area contributed by atoms with Crippen LogP contribution in [0.2, 0.25) is 10.0 Å². The van der Waals surface area contributed by atoms with E-state index in [-0.39, 0.29) is 25.0 Å². The first kappa shape index (κ1) is 26.0. The second-order valence-electron chi connectivity index (χ2n) is 8.37. The molecule has 0 aliphatic heterocycles. The van der Waals surface area contributed by atoms with Crippen molar-refractivity contribution in [3.05, 3.63) is 63.1 Å². The van der Waals surface area contributed by atoms with Crippen LogP contribution in [0.1, 0.15) is 43.9 Å². The lowest BCUT2D eigenvalue weighted by Crippen LogP contribution is -2.50. The van der Waals surface area contributed by atoms with Crippen LogP contribution in [0.4, 0.5) is 0 Å². The molecule has 1 atom stereocenters. The number of rotatable bonds is 10. The molecule has 1 N–H and O–H groups in total. The fourth-order valence-electron chi connectivity index (χ4n) is 3.21. The number of carbonyl (C=O) groups excluding carboxylic acids is 2. The molecule has 174 valence electrons. The highest BCUT2D eigenvalue weighted by molar-refractivity contribution is 6.42. The van der Waals surface area contributed by atoms with Crippen molar-refractivity contribution in [3.8, 4) is 5.75 Å². The number of ether oxygens (including phenoxy) is 1. The molecule has 0 aliphatic rings. The predicted molar refractivity (Wildman–Crippen MR) is 130 cm³/mol. The van der Waals surface area contributed by atoms with Gasteiger partial charge < -0.3 is 15.0 Å². The summed E-state index contributed by atoms with van der Waals surface area (Å²) in [6.07, 6.45) is 0.473. The summed E-state index contributed by atoms with van der Waals surface area (Å²) >= 11 is 12.2. The standard InChI is InChI=1S/C25H32Cl2N2O3/c1-6-23(25(31)28-13-16(2)3)29(14-19-8-10-21(26)22(27)12-19)24(30)15-32-20-9-7-17(4)18(5)11-20/h7-12,16,23H,6,13-15H2,1-5H3,(H,28,31). The van der Waals surface area contributed by atoms with E-state index in [0.29, 0.717) is 34.7 Å². The smallest absolute Gasteiger partial charge is 0.261 e. The fraction of sp³-hybridized carbons (Fsp3) is 0.440. The molecule has 2 rings (SSSR count). The molecule has 2 amide bonds. The van der Waals surface area contributed by atoms with Crippen molar-refractivity contribution >= 4 is 35.0 Å². The molecule has 0 aliphatic carbocycles. The number of nitrogens with one attached hydrogen (secondary N) is 1. The molecule has 1 unspecified atom stereocenters. The summed E-state index contributed by atoms with van der Waals surface area (Å²) in [5, 5.41) is 3.78. The Kier molecular flexibility index (Phi) is 9.85. The summed E-state index contributed by atoms with van der Waals surface area (Å²) in [6, 6.07) is 10.3. The highest BCUT2D eigenvalue weighted by Gasteiger charge is 2.29. The Bertz CT molecular complexity index is 947. The van der Waals surface area contributed by atoms with Gasteiger partial charge >= 0.3 is 0 Å². The van der Waals surface area contributed by atoms with Crippen LogP contribution in [0.3, 0.4) is 0 Å². The molecule has 32 heavy (non-hydrogen) atoms. The quantitative estimate of drug-likeness (QED) is 0.485. The molecule has 0 spiro atoms. The van der Waals surface area contributed by atoms with Gasteiger partial charge in [-0.15, -0.1) is 0 Å². The molecule has 0 heterocycles. The molecule has 0 saturated heterocycles. The third-order valence-electron chi connectivity index (χ3n) is 5.25. The van der Waals surface area contributed by atoms with Gasteiger partial charge in [0.1, 0.15) is 11.8 Å². The molecular formula is C25H32Cl2N2O3. The van der Waals surface area contributed by atoms with E-state index in [9.17, 15) is 9.59 Å². The number of halogens is 2. The maximum Gasteiger partial charge on any atom is 0.261 e. The van der Waals surface area contributed by atoms with Crippen molar-refractivity contribution in [2.24, 2.45) is 5.92 Å². The number of hydrogen-bond donors (Lipinski definition) is 1. The zero-order chi connectivity index (χ0) is 23.8. The molecular weight excluding hydrogens is 447 g/mol. The normalized spacial score (nSPS) is 11.9. The molecule has 0 saturated carbocycles. The Morgan fingerprint density at radius 3 is 2.34 bits per heavy atom. The van der Waals surface area contributed by atoms with Crippen LogP contribution in [-0.2, 0) is 16.1 Å². The summed E-state index contributed by atoms with van der Waals surface area (Å²) in [4.78, 5) is 27.7. The van der Waals surface area contributed by atoms with Crippen LogP contribution in [-0.4, -0.2) is 35.9 Å². The Hall–Kier alpha value is -2.24. The van der Waals surface area contributed by atoms with Crippen molar-refractivity contribution in [2.75, 3.05) is 13.2 Å². The predicted octanol–water partition coefficient (Wildman–Crippen LogP) is 5.57. The van der Waals surface area contributed by atoms with Crippen LogP contribution in [0.25, 0.3) is 0 Å². The van der Waals surface area contributed by atoms with E-state index >= 15 is 0 Å². The Morgan fingerprint density at radius 2 is 1.75 bits per heavy atom. The number of amides is 2. The average Bonchev–Trinajstić information content (AvgIpc) is 2.75. The lowest BCUT2D eigenvalue weighted by molar-refractivity contribution is -0.143. The fourth-order valence-corrected chi connectivity index (χ4v) is 3.53. The van der Waals surface area contributed by atoms with E-state index in [4.69, 9.17) is 27.9 Å². The molecule has 5 nitrogen and oxygen atoms in total. The van der Waals surface area contributed by atoms with Crippen molar-refractivity contribution in [1.29, 1.82) is 0 Å². The summed E-state index contributed by atoms with van der Waals surface area (Å²) in [6.45, 7) is 10.5. The van der Waals surface area contributed by atoms with Gasteiger partial charge in [0.25, 0.3) is 5.91 Å². The second kappa shape index (κ2) is 12.1. The van der Waals surface area contributed by atoms with E-state index in [1.54, 1.807) is 23.1 Å². The monoisotopic (exact) mass is 478 g/mol. The van der Waals surface area contributed by atoms with Gasteiger partial charge in [-0.25, -0.2) is 0 Å². The summed E-state index contributed by atoms with van der Waals surface area (Å²) in [5.74, 6) is 0.471. The molecule has 7 heteroatoms. The van der Waals surface area contributed by atoms with E-state index in [0.717, 1.165) is 16.7 Å². The van der Waals surface area contributed by atoms with Crippen LogP contribution in [0, 0.1) is 19.8 Å². The van der Waals surface area contributed by atoms with Crippen LogP contribution < -0.4 is 10.1 Å². The highest BCUT2D eigenvalue weighted by Crippen LogP contribution is 2.24. The van der Waals surface area contributed by atoms with Crippen LogP contribution in [0.5, 0.6) is 5.75 Å². The maximum absolute atomic E-state index is 13.2. The van der Waals surface area contributed by atoms with Crippen molar-refractivity contribution in [2.45, 2.75) is 53.6 Å². The number of benzene rings is 2. The van der Waals surface area contributed by atoms with E-state index in [2.05, 4.69) is 5.32 Å². The van der Waals surface area contributed by atoms with Gasteiger partial charge in [-0.2, -0.15) is 0 Å². The maximum atomic E-state index is 13.2. The number of carbonyl (C=O) groups is 2. The van der Waals surface area contributed by atoms with E-state index < -0.39 is 6.04 Å². The van der Waals surface area contributed by atoms with Gasteiger partial charge in [-0.1, -0.05) is 56.1 Å². The SMILES string of the molecule is CCC(C(=O)NCC(C)C)N(Cc1ccc(Cl)c(Cl)c1)C(=O)COc1ccc(C)c(C)c1. The van der Waals surface area contributed by atoms with Gasteiger partial charge in [0.15, 0.2) is 6.61 Å². The Morgan fingerprint density at radius 1 is 1.03 bits per heavy atom. The number of hydrogen-bond acceptors (Lipinski definition) is 3. The minimum Gasteiger partial charge on any atom is -0.484 e. The summed E-state index contributed by atoms with van der Waals surface area (Å²) < 4.78 is 5.77. The number of aryl methyl sites for hydroxylation is 2. The summed E-state index contributed by atoms with van der Waals surface area (Å²) in [7, 11) is 0. The third-order valence-corrected chi connectivity index (χ3v) is 5.99. The molecule has 0 bridgehead atoms. The molecule has 0 aromatic heterocycles. The Balaban J connectivity index is 2.23. The summed E-state index contributed by atoms with van der Waals surface area (Å²) in [5.41, 5.74) is 3.02. The Labute approximate surface area is 201 Å². The highest BCUT2D eigenvalue weighted by atomic mass is 35.5. The lowest BCUT2D eigenvalue weighted by atomic mass is 10.1. The molecule has 0 radical (unpaired) electrons. The van der Waals surface area contributed by atoms with Crippen LogP contribution >= 0.6 is 23.2 Å². The van der Waals surface area contributed by atoms with E-state index in [1.807, 2.05) is 52.8 Å². The van der Waals surface area contributed by atoms with Crippen molar-refractivity contribution in [1.82, 2.24) is 10.2 Å². The topological polar surface area (TPSA) is 58.6 Å². The first-order chi connectivity index (χ1) is 15.1. The minimum absolute atomic E-state index is 0.169. The molecule has 2 aromatic rings. The van der Waals surface area contributed by atoms with Gasteiger partial charge in [0.2, 0.25) is 5.91 Å². The van der Waals surface area contributed by atoms with Crippen molar-refractivity contribution in [3.63, 3.8) is 0 Å². The minimum atomic E-state index is -0.626. The zero-order valence-electron chi connectivity index (χ0n) is 19.4. The third kappa shape index (κ3) is 7.42. The van der Waals surface area contributed by atoms with Gasteiger partial charge in [-0.3, -0.25) is 9.59 Å². The van der Waals surface area contributed by atoms with Gasteiger partial charge in [-0.05, 0) is 67.1 Å². The van der Waals surface area contributed by atoms with Gasteiger partial charge in [0, 0.05) is 13.1 Å².